The molecular formula is C10H16O4. The van der Waals surface area contributed by atoms with Crippen molar-refractivity contribution in [3.05, 3.63) is 0 Å². The van der Waals surface area contributed by atoms with E-state index in [1.54, 1.807) is 0 Å². The van der Waals surface area contributed by atoms with Crippen molar-refractivity contribution in [2.45, 2.75) is 44.4 Å². The summed E-state index contributed by atoms with van der Waals surface area (Å²) in [5.74, 6) is -0.296. The van der Waals surface area contributed by atoms with Crippen LogP contribution in [0.5, 0.6) is 0 Å². The van der Waals surface area contributed by atoms with Crippen molar-refractivity contribution in [2.24, 2.45) is 11.3 Å². The van der Waals surface area contributed by atoms with E-state index in [1.165, 1.54) is 0 Å². The number of fused-ring (bicyclic) bond motifs is 3. The molecule has 0 aromatic carbocycles. The van der Waals surface area contributed by atoms with E-state index in [0.29, 0.717) is 0 Å². The molecule has 1 saturated heterocycles. The summed E-state index contributed by atoms with van der Waals surface area (Å²) in [6.45, 7) is 3.76. The van der Waals surface area contributed by atoms with Gasteiger partial charge in [-0.2, -0.15) is 0 Å². The molecule has 3 rings (SSSR count). The highest BCUT2D eigenvalue weighted by Gasteiger charge is 2.74. The summed E-state index contributed by atoms with van der Waals surface area (Å²) in [6.07, 6.45) is 0.0398. The average Bonchev–Trinajstić information content (AvgIpc) is 2.71. The van der Waals surface area contributed by atoms with Crippen LogP contribution < -0.4 is 0 Å². The second-order valence-electron chi connectivity index (χ2n) is 5.21. The number of rotatable bonds is 1. The highest BCUT2D eigenvalue weighted by molar-refractivity contribution is 5.21. The molecule has 3 fully saturated rings. The molecule has 2 saturated carbocycles. The minimum Gasteiger partial charge on any atom is -0.396 e. The minimum absolute atomic E-state index is 0.0212. The van der Waals surface area contributed by atoms with Gasteiger partial charge in [-0.15, -0.1) is 0 Å². The van der Waals surface area contributed by atoms with Crippen molar-refractivity contribution in [3.63, 3.8) is 0 Å². The first-order valence-corrected chi connectivity index (χ1v) is 5.15. The van der Waals surface area contributed by atoms with Crippen LogP contribution in [0.25, 0.3) is 0 Å². The zero-order valence-corrected chi connectivity index (χ0v) is 8.43. The van der Waals surface area contributed by atoms with Crippen molar-refractivity contribution < 1.29 is 19.7 Å². The third-order valence-corrected chi connectivity index (χ3v) is 3.93. The molecule has 4 nitrogen and oxygen atoms in total. The van der Waals surface area contributed by atoms with Crippen LogP contribution in [0.2, 0.25) is 0 Å². The van der Waals surface area contributed by atoms with Crippen molar-refractivity contribution >= 4 is 0 Å². The predicted octanol–water partition coefficient (Wildman–Crippen LogP) is -0.120. The Labute approximate surface area is 82.8 Å². The first-order valence-electron chi connectivity index (χ1n) is 5.15. The van der Waals surface area contributed by atoms with Crippen molar-refractivity contribution in [2.75, 3.05) is 6.61 Å². The van der Waals surface area contributed by atoms with Gasteiger partial charge in [0.05, 0.1) is 18.8 Å². The van der Waals surface area contributed by atoms with E-state index in [0.717, 1.165) is 6.42 Å². The van der Waals surface area contributed by atoms with Gasteiger partial charge in [-0.25, -0.2) is 0 Å². The maximum atomic E-state index is 10.0. The van der Waals surface area contributed by atoms with Crippen LogP contribution in [0.4, 0.5) is 0 Å². The van der Waals surface area contributed by atoms with Gasteiger partial charge in [0.25, 0.3) is 0 Å². The van der Waals surface area contributed by atoms with Gasteiger partial charge in [0.1, 0.15) is 6.10 Å². The largest absolute Gasteiger partial charge is 0.396 e. The second kappa shape index (κ2) is 2.32. The lowest BCUT2D eigenvalue weighted by atomic mass is 10.0. The highest BCUT2D eigenvalue weighted by atomic mass is 16.8. The van der Waals surface area contributed by atoms with Crippen LogP contribution in [0.1, 0.15) is 20.3 Å². The second-order valence-corrected chi connectivity index (χ2v) is 5.21. The molecule has 0 amide bonds. The van der Waals surface area contributed by atoms with Gasteiger partial charge in [0.15, 0.2) is 5.79 Å². The van der Waals surface area contributed by atoms with Crippen LogP contribution in [0, 0.1) is 11.3 Å². The fraction of sp³-hybridized carbons (Fsp3) is 1.00. The lowest BCUT2D eigenvalue weighted by molar-refractivity contribution is -0.170. The van der Waals surface area contributed by atoms with Crippen LogP contribution >= 0.6 is 0 Å². The zero-order chi connectivity index (χ0) is 10.1. The highest BCUT2D eigenvalue weighted by Crippen LogP contribution is 2.66. The molecule has 0 aromatic rings. The smallest absolute Gasteiger partial charge is 0.163 e. The molecule has 0 unspecified atom stereocenters. The lowest BCUT2D eigenvalue weighted by Crippen LogP contribution is -2.36. The fourth-order valence-electron chi connectivity index (χ4n) is 3.11. The first-order chi connectivity index (χ1) is 6.50. The Hall–Kier alpha value is -0.160. The number of hydrogen-bond acceptors (Lipinski definition) is 4. The van der Waals surface area contributed by atoms with Gasteiger partial charge >= 0.3 is 0 Å². The summed E-state index contributed by atoms with van der Waals surface area (Å²) in [5.41, 5.74) is -0.314. The molecule has 3 aliphatic rings. The van der Waals surface area contributed by atoms with Gasteiger partial charge in [-0.1, -0.05) is 0 Å². The number of hydrogen-bond donors (Lipinski definition) is 2. The normalized spacial score (nSPS) is 58.3. The van der Waals surface area contributed by atoms with Crippen molar-refractivity contribution in [1.82, 2.24) is 0 Å². The van der Waals surface area contributed by atoms with E-state index < -0.39 is 11.9 Å². The van der Waals surface area contributed by atoms with E-state index in [4.69, 9.17) is 9.47 Å². The molecule has 2 N–H and O–H groups in total. The topological polar surface area (TPSA) is 58.9 Å². The average molecular weight is 200 g/mol. The van der Waals surface area contributed by atoms with Crippen LogP contribution in [0.3, 0.4) is 0 Å². The number of ether oxygens (including phenoxy) is 2. The van der Waals surface area contributed by atoms with E-state index in [-0.39, 0.29) is 30.1 Å². The molecule has 14 heavy (non-hydrogen) atoms. The lowest BCUT2D eigenvalue weighted by Gasteiger charge is -2.23. The molecule has 0 spiro atoms. The maximum Gasteiger partial charge on any atom is 0.163 e. The summed E-state index contributed by atoms with van der Waals surface area (Å²) in [7, 11) is 0. The summed E-state index contributed by atoms with van der Waals surface area (Å²) in [6, 6.07) is 0. The Morgan fingerprint density at radius 1 is 1.29 bits per heavy atom. The minimum atomic E-state index is -0.583. The summed E-state index contributed by atoms with van der Waals surface area (Å²) >= 11 is 0. The third kappa shape index (κ3) is 0.877. The predicted molar refractivity (Wildman–Crippen MR) is 47.5 cm³/mol. The quantitative estimate of drug-likeness (QED) is 0.619. The Kier molecular flexibility index (Phi) is 1.51. The molecule has 2 aliphatic carbocycles. The molecule has 0 aromatic heterocycles. The van der Waals surface area contributed by atoms with Gasteiger partial charge in [-0.3, -0.25) is 0 Å². The van der Waals surface area contributed by atoms with E-state index >= 15 is 0 Å². The van der Waals surface area contributed by atoms with Crippen LogP contribution in [-0.4, -0.2) is 40.9 Å². The Balaban J connectivity index is 1.87. The zero-order valence-electron chi connectivity index (χ0n) is 8.43. The van der Waals surface area contributed by atoms with E-state index in [2.05, 4.69) is 0 Å². The fourth-order valence-corrected chi connectivity index (χ4v) is 3.11. The van der Waals surface area contributed by atoms with E-state index in [1.807, 2.05) is 13.8 Å². The molecule has 5 atom stereocenters. The van der Waals surface area contributed by atoms with Gasteiger partial charge in [0.2, 0.25) is 0 Å². The molecule has 1 aliphatic heterocycles. The van der Waals surface area contributed by atoms with Gasteiger partial charge in [-0.05, 0) is 26.2 Å². The molecule has 0 bridgehead atoms. The van der Waals surface area contributed by atoms with Gasteiger partial charge < -0.3 is 19.7 Å². The molecular weight excluding hydrogens is 184 g/mol. The van der Waals surface area contributed by atoms with Crippen LogP contribution in [0.15, 0.2) is 0 Å². The first kappa shape index (κ1) is 9.09. The molecule has 80 valence electrons. The number of aliphatic hydroxyl groups is 2. The van der Waals surface area contributed by atoms with Crippen molar-refractivity contribution in [1.29, 1.82) is 0 Å². The Bertz CT molecular complexity index is 269. The standard InChI is InChI=1S/C10H16O4/c1-9(2)13-6-5-3-10(5,4-11)8(12)7(6)14-9/h5-8,11-12H,3-4H2,1-2H3/t5-,6-,7-,8-,10+/m1/s1. The Morgan fingerprint density at radius 3 is 2.50 bits per heavy atom. The molecule has 4 heteroatoms. The summed E-state index contributed by atoms with van der Waals surface area (Å²) < 4.78 is 11.4. The maximum absolute atomic E-state index is 10.0. The SMILES string of the molecule is CC1(C)O[C@@H]2[C@H](O1)[C@H]1C[C@@]1(CO)[C@@H]2O. The molecule has 0 radical (unpaired) electrons. The monoisotopic (exact) mass is 200 g/mol. The third-order valence-electron chi connectivity index (χ3n) is 3.93. The van der Waals surface area contributed by atoms with Crippen molar-refractivity contribution in [3.8, 4) is 0 Å². The Morgan fingerprint density at radius 2 is 1.93 bits per heavy atom. The van der Waals surface area contributed by atoms with E-state index in [9.17, 15) is 10.2 Å². The summed E-state index contributed by atoms with van der Waals surface area (Å²) in [4.78, 5) is 0. The summed E-state index contributed by atoms with van der Waals surface area (Å²) in [5, 5.41) is 19.3. The number of aliphatic hydroxyl groups excluding tert-OH is 2. The van der Waals surface area contributed by atoms with Gasteiger partial charge in [0, 0.05) is 5.41 Å². The van der Waals surface area contributed by atoms with Crippen LogP contribution in [-0.2, 0) is 9.47 Å². The molecule has 1 heterocycles.